The summed E-state index contributed by atoms with van der Waals surface area (Å²) < 4.78 is 19.7. The molecule has 7 heteroatoms. The van der Waals surface area contributed by atoms with Crippen LogP contribution in [0.15, 0.2) is 57.9 Å². The van der Waals surface area contributed by atoms with Gasteiger partial charge in [0.1, 0.15) is 17.2 Å². The van der Waals surface area contributed by atoms with Gasteiger partial charge in [0.2, 0.25) is 0 Å². The van der Waals surface area contributed by atoms with E-state index in [1.165, 1.54) is 12.1 Å². The van der Waals surface area contributed by atoms with Crippen molar-refractivity contribution < 1.29 is 9.02 Å². The Morgan fingerprint density at radius 3 is 2.12 bits per heavy atom. The van der Waals surface area contributed by atoms with Crippen molar-refractivity contribution in [1.82, 2.24) is 20.3 Å². The molecular weight excluding hydrogens is 387 g/mol. The van der Waals surface area contributed by atoms with E-state index in [0.29, 0.717) is 11.4 Å². The van der Waals surface area contributed by atoms with Gasteiger partial charge in [0.05, 0.1) is 0 Å². The number of benzene rings is 2. The van der Waals surface area contributed by atoms with Crippen molar-refractivity contribution in [2.75, 3.05) is 0 Å². The molecule has 0 saturated heterocycles. The van der Waals surface area contributed by atoms with E-state index in [-0.39, 0.29) is 5.82 Å². The van der Waals surface area contributed by atoms with Crippen molar-refractivity contribution in [3.05, 3.63) is 59.1 Å². The molecule has 25 heavy (non-hydrogen) atoms. The molecule has 0 aliphatic carbocycles. The van der Waals surface area contributed by atoms with Crippen molar-refractivity contribution in [2.24, 2.45) is 0 Å². The summed E-state index contributed by atoms with van der Waals surface area (Å²) in [5.74, 6) is -0.303. The van der Waals surface area contributed by atoms with E-state index in [4.69, 9.17) is 4.63 Å². The molecule has 0 bridgehead atoms. The predicted molar refractivity (Wildman–Crippen MR) is 96.5 cm³/mol. The van der Waals surface area contributed by atoms with Gasteiger partial charge in [0, 0.05) is 49.8 Å². The van der Waals surface area contributed by atoms with E-state index < -0.39 is 0 Å². The molecule has 5 aromatic rings. The fourth-order valence-electron chi connectivity index (χ4n) is 3.12. The molecule has 3 aromatic heterocycles. The van der Waals surface area contributed by atoms with Crippen LogP contribution >= 0.6 is 15.9 Å². The molecule has 0 amide bonds. The third-order valence-corrected chi connectivity index (χ3v) is 4.78. The molecule has 0 aliphatic heterocycles. The van der Waals surface area contributed by atoms with Gasteiger partial charge >= 0.3 is 0 Å². The molecule has 5 rings (SSSR count). The van der Waals surface area contributed by atoms with E-state index in [9.17, 15) is 4.39 Å². The first-order valence-electron chi connectivity index (χ1n) is 7.57. The topological polar surface area (TPSA) is 70.5 Å². The van der Waals surface area contributed by atoms with Crippen LogP contribution < -0.4 is 0 Å². The molecule has 3 heterocycles. The Bertz CT molecular complexity index is 1140. The molecule has 2 aromatic carbocycles. The summed E-state index contributed by atoms with van der Waals surface area (Å²) in [5.41, 5.74) is 4.60. The highest BCUT2D eigenvalue weighted by atomic mass is 79.9. The molecular formula is C18H10BrFN4O. The molecule has 0 saturated carbocycles. The number of nitrogens with zero attached hydrogens (tertiary/aromatic N) is 2. The number of halogens is 2. The zero-order valence-corrected chi connectivity index (χ0v) is 14.3. The van der Waals surface area contributed by atoms with E-state index in [1.54, 1.807) is 12.3 Å². The first kappa shape index (κ1) is 14.4. The van der Waals surface area contributed by atoms with Crippen LogP contribution in [0.1, 0.15) is 0 Å². The van der Waals surface area contributed by atoms with Gasteiger partial charge in [-0.25, -0.2) is 9.02 Å². The molecule has 0 atom stereocenters. The van der Waals surface area contributed by atoms with Crippen LogP contribution in [-0.4, -0.2) is 20.3 Å². The van der Waals surface area contributed by atoms with Gasteiger partial charge in [-0.2, -0.15) is 0 Å². The van der Waals surface area contributed by atoms with Crippen molar-refractivity contribution in [1.29, 1.82) is 0 Å². The second-order valence-corrected chi connectivity index (χ2v) is 6.66. The SMILES string of the molecule is Fc1ccc2[nH]cc(-c3nonc3-c3c[nH]c4ccc(Br)cc34)c2c1. The van der Waals surface area contributed by atoms with Crippen molar-refractivity contribution in [3.63, 3.8) is 0 Å². The number of aromatic nitrogens is 4. The van der Waals surface area contributed by atoms with Crippen LogP contribution in [0.3, 0.4) is 0 Å². The highest BCUT2D eigenvalue weighted by Crippen LogP contribution is 2.37. The smallest absolute Gasteiger partial charge is 0.145 e. The molecule has 0 radical (unpaired) electrons. The lowest BCUT2D eigenvalue weighted by Gasteiger charge is -1.99. The third kappa shape index (κ3) is 2.20. The fraction of sp³-hybridized carbons (Fsp3) is 0. The minimum atomic E-state index is -0.303. The number of H-pyrrole nitrogens is 2. The standard InChI is InChI=1S/C18H10BrFN4O/c19-9-1-3-15-11(5-9)13(7-21-15)17-18(24-25-23-17)14-8-22-16-4-2-10(20)6-12(14)16/h1-8,21-22H. The van der Waals surface area contributed by atoms with Gasteiger partial charge in [-0.05, 0) is 46.7 Å². The van der Waals surface area contributed by atoms with Crippen LogP contribution in [-0.2, 0) is 0 Å². The first-order valence-corrected chi connectivity index (χ1v) is 8.36. The lowest BCUT2D eigenvalue weighted by Crippen LogP contribution is -1.83. The normalized spacial score (nSPS) is 11.6. The average molecular weight is 397 g/mol. The van der Waals surface area contributed by atoms with E-state index in [1.807, 2.05) is 24.4 Å². The first-order chi connectivity index (χ1) is 12.2. The van der Waals surface area contributed by atoms with Crippen LogP contribution in [0.25, 0.3) is 44.3 Å². The average Bonchev–Trinajstić information content (AvgIpc) is 3.30. The predicted octanol–water partition coefficient (Wildman–Crippen LogP) is 5.27. The molecule has 0 aliphatic rings. The Labute approximate surface area is 148 Å². The van der Waals surface area contributed by atoms with E-state index in [0.717, 1.165) is 37.4 Å². The number of nitrogens with one attached hydrogen (secondary N) is 2. The molecule has 2 N–H and O–H groups in total. The van der Waals surface area contributed by atoms with Crippen molar-refractivity contribution in [3.8, 4) is 22.5 Å². The summed E-state index contributed by atoms with van der Waals surface area (Å²) in [6, 6.07) is 10.6. The van der Waals surface area contributed by atoms with Crippen LogP contribution in [0.5, 0.6) is 0 Å². The van der Waals surface area contributed by atoms with Crippen LogP contribution in [0.2, 0.25) is 0 Å². The molecule has 0 spiro atoms. The summed E-state index contributed by atoms with van der Waals surface area (Å²) in [4.78, 5) is 6.36. The van der Waals surface area contributed by atoms with Gasteiger partial charge in [-0.1, -0.05) is 15.9 Å². The van der Waals surface area contributed by atoms with Gasteiger partial charge in [-0.15, -0.1) is 0 Å². The second kappa shape index (κ2) is 5.29. The van der Waals surface area contributed by atoms with E-state index in [2.05, 4.69) is 36.2 Å². The maximum Gasteiger partial charge on any atom is 0.145 e. The Hall–Kier alpha value is -2.93. The Morgan fingerprint density at radius 1 is 0.840 bits per heavy atom. The third-order valence-electron chi connectivity index (χ3n) is 4.29. The summed E-state index contributed by atoms with van der Waals surface area (Å²) in [6.45, 7) is 0. The second-order valence-electron chi connectivity index (χ2n) is 5.75. The summed E-state index contributed by atoms with van der Waals surface area (Å²) in [5, 5.41) is 9.90. The zero-order valence-electron chi connectivity index (χ0n) is 12.7. The molecule has 0 unspecified atom stereocenters. The molecule has 0 fully saturated rings. The van der Waals surface area contributed by atoms with E-state index >= 15 is 0 Å². The van der Waals surface area contributed by atoms with Crippen LogP contribution in [0, 0.1) is 5.82 Å². The number of fused-ring (bicyclic) bond motifs is 2. The number of rotatable bonds is 2. The molecule has 5 nitrogen and oxygen atoms in total. The minimum Gasteiger partial charge on any atom is -0.360 e. The van der Waals surface area contributed by atoms with Gasteiger partial charge < -0.3 is 9.97 Å². The quantitative estimate of drug-likeness (QED) is 0.427. The van der Waals surface area contributed by atoms with Crippen molar-refractivity contribution in [2.45, 2.75) is 0 Å². The monoisotopic (exact) mass is 396 g/mol. The fourth-order valence-corrected chi connectivity index (χ4v) is 3.48. The summed E-state index contributed by atoms with van der Waals surface area (Å²) in [7, 11) is 0. The van der Waals surface area contributed by atoms with Crippen LogP contribution in [0.4, 0.5) is 4.39 Å². The van der Waals surface area contributed by atoms with Gasteiger partial charge in [0.25, 0.3) is 0 Å². The largest absolute Gasteiger partial charge is 0.360 e. The number of aromatic amines is 2. The lowest BCUT2D eigenvalue weighted by molar-refractivity contribution is 0.310. The number of hydrogen-bond acceptors (Lipinski definition) is 3. The highest BCUT2D eigenvalue weighted by Gasteiger charge is 2.20. The highest BCUT2D eigenvalue weighted by molar-refractivity contribution is 9.10. The zero-order chi connectivity index (χ0) is 17.0. The maximum absolute atomic E-state index is 13.7. The minimum absolute atomic E-state index is 0.303. The number of hydrogen-bond donors (Lipinski definition) is 2. The Balaban J connectivity index is 1.76. The summed E-state index contributed by atoms with van der Waals surface area (Å²) >= 11 is 3.49. The van der Waals surface area contributed by atoms with Crippen molar-refractivity contribution >= 4 is 37.7 Å². The lowest BCUT2D eigenvalue weighted by atomic mass is 10.0. The van der Waals surface area contributed by atoms with Gasteiger partial charge in [0.15, 0.2) is 0 Å². The maximum atomic E-state index is 13.7. The van der Waals surface area contributed by atoms with Gasteiger partial charge in [-0.3, -0.25) is 0 Å². The Kier molecular flexibility index (Phi) is 3.05. The molecule has 122 valence electrons. The Morgan fingerprint density at radius 2 is 1.44 bits per heavy atom. The summed E-state index contributed by atoms with van der Waals surface area (Å²) in [6.07, 6.45) is 3.66.